The van der Waals surface area contributed by atoms with Gasteiger partial charge in [-0.25, -0.2) is 0 Å². The molecule has 1 amide bonds. The standard InChI is InChI=1S/C34H34ClN5O4/c1-22-6-8-23(9-7-22)20-43-31-11-10-25(15-28(31)35)38-34-24(18-36)19-37-29-17-32(44-26-12-14-42-21-26)30(16-27(29)34)39-33(41)5-4-13-40(2)3/h4-11,15-17,19,26H,12-14,20-21H2,1-3H3,(H,37,38)(H,39,41)/b5-4+/t26-/m0/s1. The van der Waals surface area contributed by atoms with Crippen LogP contribution in [0.2, 0.25) is 5.02 Å². The van der Waals surface area contributed by atoms with Crippen LogP contribution in [-0.4, -0.2) is 55.7 Å². The number of ether oxygens (including phenoxy) is 3. The van der Waals surface area contributed by atoms with Crippen LogP contribution in [0, 0.1) is 18.3 Å². The highest BCUT2D eigenvalue weighted by atomic mass is 35.5. The Morgan fingerprint density at radius 3 is 2.70 bits per heavy atom. The Labute approximate surface area is 262 Å². The molecule has 1 fully saturated rings. The Morgan fingerprint density at radius 1 is 1.18 bits per heavy atom. The molecule has 0 saturated carbocycles. The van der Waals surface area contributed by atoms with Crippen LogP contribution >= 0.6 is 11.6 Å². The summed E-state index contributed by atoms with van der Waals surface area (Å²) in [6.07, 6.45) is 5.38. The molecule has 1 atom stereocenters. The van der Waals surface area contributed by atoms with Gasteiger partial charge in [-0.15, -0.1) is 0 Å². The number of hydrogen-bond donors (Lipinski definition) is 2. The number of amides is 1. The zero-order valence-corrected chi connectivity index (χ0v) is 25.6. The fourth-order valence-corrected chi connectivity index (χ4v) is 4.89. The second-order valence-electron chi connectivity index (χ2n) is 10.8. The predicted octanol–water partition coefficient (Wildman–Crippen LogP) is 6.61. The molecule has 0 unspecified atom stereocenters. The molecule has 0 radical (unpaired) electrons. The number of likely N-dealkylation sites (N-methyl/N-ethyl adjacent to an activating group) is 1. The highest BCUT2D eigenvalue weighted by Crippen LogP contribution is 2.38. The molecule has 44 heavy (non-hydrogen) atoms. The maximum absolute atomic E-state index is 12.8. The van der Waals surface area contributed by atoms with Crippen LogP contribution in [0.4, 0.5) is 17.1 Å². The summed E-state index contributed by atoms with van der Waals surface area (Å²) in [5.41, 5.74) is 4.78. The monoisotopic (exact) mass is 611 g/mol. The van der Waals surface area contributed by atoms with Gasteiger partial charge in [0.25, 0.3) is 0 Å². The summed E-state index contributed by atoms with van der Waals surface area (Å²) in [7, 11) is 3.85. The Kier molecular flexibility index (Phi) is 9.97. The van der Waals surface area contributed by atoms with E-state index in [1.165, 1.54) is 17.8 Å². The van der Waals surface area contributed by atoms with E-state index in [-0.39, 0.29) is 12.0 Å². The van der Waals surface area contributed by atoms with Gasteiger partial charge in [-0.3, -0.25) is 9.78 Å². The molecule has 0 bridgehead atoms. The summed E-state index contributed by atoms with van der Waals surface area (Å²) in [5.74, 6) is 0.720. The van der Waals surface area contributed by atoms with Gasteiger partial charge in [0.15, 0.2) is 0 Å². The summed E-state index contributed by atoms with van der Waals surface area (Å²) in [6.45, 7) is 4.13. The van der Waals surface area contributed by atoms with E-state index < -0.39 is 0 Å². The number of anilines is 3. The summed E-state index contributed by atoms with van der Waals surface area (Å²) < 4.78 is 17.7. The number of hydrogen-bond acceptors (Lipinski definition) is 8. The first kappa shape index (κ1) is 30.8. The van der Waals surface area contributed by atoms with Gasteiger partial charge < -0.3 is 29.7 Å². The van der Waals surface area contributed by atoms with Crippen LogP contribution < -0.4 is 20.1 Å². The number of carbonyl (C=O) groups excluding carboxylic acids is 1. The number of carbonyl (C=O) groups is 1. The predicted molar refractivity (Wildman–Crippen MR) is 173 cm³/mol. The molecule has 2 N–H and O–H groups in total. The van der Waals surface area contributed by atoms with Gasteiger partial charge in [-0.05, 0) is 50.8 Å². The number of pyridine rings is 1. The lowest BCUT2D eigenvalue weighted by molar-refractivity contribution is -0.111. The first-order valence-electron chi connectivity index (χ1n) is 14.3. The van der Waals surface area contributed by atoms with Gasteiger partial charge in [-0.1, -0.05) is 47.5 Å². The van der Waals surface area contributed by atoms with E-state index >= 15 is 0 Å². The van der Waals surface area contributed by atoms with Crippen molar-refractivity contribution >= 4 is 45.5 Å². The molecule has 3 aromatic carbocycles. The third-order valence-corrected chi connectivity index (χ3v) is 7.28. The van der Waals surface area contributed by atoms with Crippen LogP contribution in [0.3, 0.4) is 0 Å². The number of nitrogens with one attached hydrogen (secondary N) is 2. The van der Waals surface area contributed by atoms with Crippen LogP contribution in [0.15, 0.2) is 72.9 Å². The molecular formula is C34H34ClN5O4. The molecule has 5 rings (SSSR count). The number of benzene rings is 3. The molecule has 1 saturated heterocycles. The minimum Gasteiger partial charge on any atom is -0.487 e. The number of fused-ring (bicyclic) bond motifs is 1. The first-order chi connectivity index (χ1) is 21.3. The fourth-order valence-electron chi connectivity index (χ4n) is 4.65. The van der Waals surface area contributed by atoms with Crippen LogP contribution in [-0.2, 0) is 16.1 Å². The van der Waals surface area contributed by atoms with E-state index in [9.17, 15) is 10.1 Å². The number of nitriles is 1. The molecule has 2 heterocycles. The highest BCUT2D eigenvalue weighted by molar-refractivity contribution is 6.32. The van der Waals surface area contributed by atoms with Crippen molar-refractivity contribution in [2.24, 2.45) is 0 Å². The molecule has 9 nitrogen and oxygen atoms in total. The third-order valence-electron chi connectivity index (χ3n) is 6.99. The molecule has 1 aliphatic rings. The van der Waals surface area contributed by atoms with Crippen molar-refractivity contribution < 1.29 is 19.0 Å². The molecule has 0 spiro atoms. The number of aromatic nitrogens is 1. The lowest BCUT2D eigenvalue weighted by atomic mass is 10.1. The third kappa shape index (κ3) is 7.85. The quantitative estimate of drug-likeness (QED) is 0.182. The zero-order valence-electron chi connectivity index (χ0n) is 24.9. The van der Waals surface area contributed by atoms with Crippen molar-refractivity contribution in [3.8, 4) is 17.6 Å². The van der Waals surface area contributed by atoms with Gasteiger partial charge in [0.1, 0.15) is 30.3 Å². The van der Waals surface area contributed by atoms with Gasteiger partial charge in [-0.2, -0.15) is 5.26 Å². The average molecular weight is 612 g/mol. The maximum atomic E-state index is 12.8. The van der Waals surface area contributed by atoms with Crippen LogP contribution in [0.5, 0.6) is 11.5 Å². The van der Waals surface area contributed by atoms with Crippen molar-refractivity contribution in [1.29, 1.82) is 5.26 Å². The van der Waals surface area contributed by atoms with Gasteiger partial charge in [0, 0.05) is 42.4 Å². The molecular weight excluding hydrogens is 578 g/mol. The topological polar surface area (TPSA) is 109 Å². The SMILES string of the molecule is Cc1ccc(COc2ccc(Nc3c(C#N)cnc4cc(O[C@H]5CCOC5)c(NC(=O)/C=C/CN(C)C)cc34)cc2Cl)cc1. The van der Waals surface area contributed by atoms with Gasteiger partial charge in [0.05, 0.1) is 40.7 Å². The number of halogens is 1. The van der Waals surface area contributed by atoms with Crippen LogP contribution in [0.25, 0.3) is 10.9 Å². The Hall–Kier alpha value is -4.62. The Bertz CT molecular complexity index is 1710. The first-order valence-corrected chi connectivity index (χ1v) is 14.7. The minimum absolute atomic E-state index is 0.141. The van der Waals surface area contributed by atoms with E-state index in [0.29, 0.717) is 76.4 Å². The van der Waals surface area contributed by atoms with E-state index in [0.717, 1.165) is 12.0 Å². The van der Waals surface area contributed by atoms with Crippen molar-refractivity contribution in [3.63, 3.8) is 0 Å². The highest BCUT2D eigenvalue weighted by Gasteiger charge is 2.21. The number of rotatable bonds is 11. The van der Waals surface area contributed by atoms with Gasteiger partial charge in [0.2, 0.25) is 5.91 Å². The van der Waals surface area contributed by atoms with E-state index in [1.807, 2.05) is 56.3 Å². The molecule has 1 aromatic heterocycles. The average Bonchev–Trinajstić information content (AvgIpc) is 3.51. The number of aryl methyl sites for hydroxylation is 1. The minimum atomic E-state index is -0.300. The van der Waals surface area contributed by atoms with Gasteiger partial charge >= 0.3 is 0 Å². The molecule has 4 aromatic rings. The molecule has 226 valence electrons. The normalized spacial score (nSPS) is 14.6. The Morgan fingerprint density at radius 2 is 2.00 bits per heavy atom. The summed E-state index contributed by atoms with van der Waals surface area (Å²) in [5, 5.41) is 17.3. The van der Waals surface area contributed by atoms with E-state index in [4.69, 9.17) is 25.8 Å². The van der Waals surface area contributed by atoms with Crippen LogP contribution in [0.1, 0.15) is 23.1 Å². The largest absolute Gasteiger partial charge is 0.487 e. The van der Waals surface area contributed by atoms with E-state index in [2.05, 4.69) is 21.7 Å². The Balaban J connectivity index is 1.44. The molecule has 10 heteroatoms. The van der Waals surface area contributed by atoms with Crippen molar-refractivity contribution in [1.82, 2.24) is 9.88 Å². The molecule has 0 aliphatic carbocycles. The van der Waals surface area contributed by atoms with Crippen molar-refractivity contribution in [2.75, 3.05) is 44.5 Å². The second-order valence-corrected chi connectivity index (χ2v) is 11.2. The fraction of sp³-hybridized carbons (Fsp3) is 0.265. The maximum Gasteiger partial charge on any atom is 0.248 e. The zero-order chi connectivity index (χ0) is 31.1. The lowest BCUT2D eigenvalue weighted by Crippen LogP contribution is -2.18. The van der Waals surface area contributed by atoms with Crippen molar-refractivity contribution in [3.05, 3.63) is 94.7 Å². The summed E-state index contributed by atoms with van der Waals surface area (Å²) in [6, 6.07) is 19.2. The summed E-state index contributed by atoms with van der Waals surface area (Å²) in [4.78, 5) is 19.3. The molecule has 1 aliphatic heterocycles. The smallest absolute Gasteiger partial charge is 0.248 e. The second kappa shape index (κ2) is 14.2. The van der Waals surface area contributed by atoms with Crippen molar-refractivity contribution in [2.45, 2.75) is 26.1 Å². The lowest BCUT2D eigenvalue weighted by Gasteiger charge is -2.19. The number of nitrogens with zero attached hydrogens (tertiary/aromatic N) is 3. The summed E-state index contributed by atoms with van der Waals surface area (Å²) >= 11 is 6.60. The van der Waals surface area contributed by atoms with E-state index in [1.54, 1.807) is 30.3 Å².